The fourth-order valence-electron chi connectivity index (χ4n) is 4.35. The van der Waals surface area contributed by atoms with Gasteiger partial charge in [0.25, 0.3) is 0 Å². The van der Waals surface area contributed by atoms with E-state index in [4.69, 9.17) is 4.98 Å². The van der Waals surface area contributed by atoms with E-state index in [1.807, 2.05) is 18.3 Å². The molecule has 0 bridgehead atoms. The van der Waals surface area contributed by atoms with Crippen LogP contribution in [0, 0.1) is 4.91 Å². The van der Waals surface area contributed by atoms with Crippen molar-refractivity contribution in [1.29, 1.82) is 0 Å². The van der Waals surface area contributed by atoms with Crippen molar-refractivity contribution in [1.82, 2.24) is 19.7 Å². The van der Waals surface area contributed by atoms with Crippen molar-refractivity contribution in [2.45, 2.75) is 37.6 Å². The van der Waals surface area contributed by atoms with E-state index >= 15 is 0 Å². The van der Waals surface area contributed by atoms with E-state index in [0.717, 1.165) is 67.2 Å². The van der Waals surface area contributed by atoms with E-state index in [-0.39, 0.29) is 6.04 Å². The molecule has 5 rings (SSSR count). The molecule has 1 atom stereocenters. The van der Waals surface area contributed by atoms with Crippen molar-refractivity contribution in [3.8, 4) is 0 Å². The van der Waals surface area contributed by atoms with E-state index in [2.05, 4.69) is 31.3 Å². The summed E-state index contributed by atoms with van der Waals surface area (Å²) in [6.45, 7) is 2.05. The Hall–Kier alpha value is -2.80. The van der Waals surface area contributed by atoms with Crippen LogP contribution >= 0.6 is 0 Å². The first-order chi connectivity index (χ1) is 13.3. The van der Waals surface area contributed by atoms with Crippen LogP contribution in [-0.4, -0.2) is 27.5 Å². The Bertz CT molecular complexity index is 991. The summed E-state index contributed by atoms with van der Waals surface area (Å²) in [5.74, 6) is 1.45. The number of rotatable bonds is 4. The Kier molecular flexibility index (Phi) is 4.09. The molecule has 1 aliphatic carbocycles. The number of nitroso groups, excluding NO2 is 1. The predicted molar refractivity (Wildman–Crippen MR) is 104 cm³/mol. The number of aryl methyl sites for hydroxylation is 1. The lowest BCUT2D eigenvalue weighted by atomic mass is 9.94. The normalized spacial score (nSPS) is 19.9. The first-order valence-electron chi connectivity index (χ1n) is 9.58. The van der Waals surface area contributed by atoms with Crippen LogP contribution in [0.1, 0.15) is 48.0 Å². The molecule has 7 nitrogen and oxygen atoms in total. The minimum atomic E-state index is -0.193. The molecule has 27 heavy (non-hydrogen) atoms. The Morgan fingerprint density at radius 3 is 2.96 bits per heavy atom. The summed E-state index contributed by atoms with van der Waals surface area (Å²) >= 11 is 0. The van der Waals surface area contributed by atoms with Crippen molar-refractivity contribution in [3.63, 3.8) is 0 Å². The number of aromatic nitrogens is 3. The molecule has 2 aliphatic rings. The number of benzene rings is 1. The second-order valence-electron chi connectivity index (χ2n) is 7.37. The molecule has 2 N–H and O–H groups in total. The highest BCUT2D eigenvalue weighted by atomic mass is 16.3. The molecule has 1 aromatic carbocycles. The van der Waals surface area contributed by atoms with Crippen LogP contribution in [-0.2, 0) is 6.42 Å². The highest BCUT2D eigenvalue weighted by Gasteiger charge is 2.25. The molecule has 7 heteroatoms. The monoisotopic (exact) mass is 362 g/mol. The van der Waals surface area contributed by atoms with Crippen LogP contribution in [0.15, 0.2) is 42.0 Å². The lowest BCUT2D eigenvalue weighted by molar-refractivity contribution is 0.455. The van der Waals surface area contributed by atoms with Crippen LogP contribution in [0.4, 0.5) is 11.5 Å². The quantitative estimate of drug-likeness (QED) is 0.692. The molecule has 1 unspecified atom stereocenters. The maximum atomic E-state index is 11.0. The lowest BCUT2D eigenvalue weighted by Crippen LogP contribution is -2.27. The number of hydrogen-bond acceptors (Lipinski definition) is 6. The van der Waals surface area contributed by atoms with Gasteiger partial charge in [0.2, 0.25) is 0 Å². The van der Waals surface area contributed by atoms with E-state index < -0.39 is 0 Å². The summed E-state index contributed by atoms with van der Waals surface area (Å²) in [5.41, 5.74) is 5.27. The Labute approximate surface area is 157 Å². The molecule has 1 fully saturated rings. The van der Waals surface area contributed by atoms with E-state index in [9.17, 15) is 4.91 Å². The van der Waals surface area contributed by atoms with Crippen LogP contribution in [0.2, 0.25) is 0 Å². The summed E-state index contributed by atoms with van der Waals surface area (Å²) in [5, 5.41) is 10.3. The maximum absolute atomic E-state index is 11.0. The van der Waals surface area contributed by atoms with Gasteiger partial charge in [-0.15, -0.1) is 0 Å². The number of nitrogens with one attached hydrogen (secondary N) is 2. The van der Waals surface area contributed by atoms with Crippen molar-refractivity contribution in [2.24, 2.45) is 5.18 Å². The van der Waals surface area contributed by atoms with Gasteiger partial charge in [-0.3, -0.25) is 9.38 Å². The molecule has 1 aliphatic heterocycles. The van der Waals surface area contributed by atoms with Crippen molar-refractivity contribution < 1.29 is 0 Å². The third-order valence-corrected chi connectivity index (χ3v) is 5.76. The van der Waals surface area contributed by atoms with Crippen LogP contribution < -0.4 is 10.6 Å². The second kappa shape index (κ2) is 6.74. The molecule has 0 saturated carbocycles. The summed E-state index contributed by atoms with van der Waals surface area (Å²) in [4.78, 5) is 20.1. The van der Waals surface area contributed by atoms with Gasteiger partial charge in [0.1, 0.15) is 11.9 Å². The predicted octanol–water partition coefficient (Wildman–Crippen LogP) is 3.69. The zero-order valence-corrected chi connectivity index (χ0v) is 15.1. The number of hydrogen-bond donors (Lipinski definition) is 2. The molecule has 0 spiro atoms. The largest absolute Gasteiger partial charge is 0.340 e. The fraction of sp³-hybridized carbons (Fsp3) is 0.400. The van der Waals surface area contributed by atoms with Gasteiger partial charge < -0.3 is 10.6 Å². The lowest BCUT2D eigenvalue weighted by Gasteiger charge is -2.22. The Morgan fingerprint density at radius 2 is 2.11 bits per heavy atom. The molecule has 2 aromatic heterocycles. The van der Waals surface area contributed by atoms with Gasteiger partial charge in [-0.2, -0.15) is 4.91 Å². The molecule has 0 radical (unpaired) electrons. The zero-order chi connectivity index (χ0) is 18.2. The van der Waals surface area contributed by atoms with Gasteiger partial charge in [0.15, 0.2) is 5.65 Å². The van der Waals surface area contributed by atoms with Crippen molar-refractivity contribution in [3.05, 3.63) is 58.5 Å². The average molecular weight is 362 g/mol. The second-order valence-corrected chi connectivity index (χ2v) is 7.37. The average Bonchev–Trinajstić information content (AvgIpc) is 3.30. The maximum Gasteiger partial charge on any atom is 0.157 e. The standard InChI is InChI=1S/C20H22N6O/c27-25-17-4-1-14-11-15(2-3-16(14)17)23-20-19(13-5-7-21-8-6-13)24-18-12-22-9-10-26(18)20/h2-3,9-13,17,21,23H,1,4-8H2. The molecular formula is C20H22N6O. The van der Waals surface area contributed by atoms with E-state index in [0.29, 0.717) is 5.92 Å². The first kappa shape index (κ1) is 16.4. The SMILES string of the molecule is O=NC1CCc2cc(Nc3c(C4CCNCC4)nc4cnccn34)ccc21. The van der Waals surface area contributed by atoms with Crippen LogP contribution in [0.5, 0.6) is 0 Å². The molecule has 0 amide bonds. The molecule has 138 valence electrons. The Balaban J connectivity index is 1.53. The number of nitrogens with zero attached hydrogens (tertiary/aromatic N) is 4. The summed E-state index contributed by atoms with van der Waals surface area (Å²) in [6.07, 6.45) is 9.43. The van der Waals surface area contributed by atoms with Gasteiger partial charge in [0, 0.05) is 24.0 Å². The minimum absolute atomic E-state index is 0.193. The fourth-order valence-corrected chi connectivity index (χ4v) is 4.35. The first-order valence-corrected chi connectivity index (χ1v) is 9.58. The Morgan fingerprint density at radius 1 is 1.22 bits per heavy atom. The highest BCUT2D eigenvalue weighted by molar-refractivity contribution is 5.65. The summed E-state index contributed by atoms with van der Waals surface area (Å²) in [7, 11) is 0. The molecular weight excluding hydrogens is 340 g/mol. The topological polar surface area (TPSA) is 83.7 Å². The van der Waals surface area contributed by atoms with Crippen molar-refractivity contribution >= 4 is 17.2 Å². The summed E-state index contributed by atoms with van der Waals surface area (Å²) < 4.78 is 2.08. The van der Waals surface area contributed by atoms with Crippen molar-refractivity contribution in [2.75, 3.05) is 18.4 Å². The highest BCUT2D eigenvalue weighted by Crippen LogP contribution is 2.37. The zero-order valence-electron chi connectivity index (χ0n) is 15.1. The molecule has 3 heterocycles. The van der Waals surface area contributed by atoms with E-state index in [1.165, 1.54) is 5.56 Å². The van der Waals surface area contributed by atoms with Gasteiger partial charge in [0.05, 0.1) is 11.9 Å². The third-order valence-electron chi connectivity index (χ3n) is 5.76. The number of piperidine rings is 1. The van der Waals surface area contributed by atoms with Gasteiger partial charge in [-0.25, -0.2) is 4.98 Å². The van der Waals surface area contributed by atoms with Gasteiger partial charge in [-0.1, -0.05) is 11.2 Å². The molecule has 1 saturated heterocycles. The number of anilines is 2. The minimum Gasteiger partial charge on any atom is -0.340 e. The molecule has 3 aromatic rings. The van der Waals surface area contributed by atoms with Crippen LogP contribution in [0.25, 0.3) is 5.65 Å². The smallest absolute Gasteiger partial charge is 0.157 e. The van der Waals surface area contributed by atoms with Gasteiger partial charge in [-0.05, 0) is 62.0 Å². The number of fused-ring (bicyclic) bond motifs is 2. The third kappa shape index (κ3) is 2.88. The van der Waals surface area contributed by atoms with Gasteiger partial charge >= 0.3 is 0 Å². The van der Waals surface area contributed by atoms with E-state index in [1.54, 1.807) is 12.4 Å². The number of imidazole rings is 1. The summed E-state index contributed by atoms with van der Waals surface area (Å²) in [6, 6.07) is 6.02. The van der Waals surface area contributed by atoms with Crippen LogP contribution in [0.3, 0.4) is 0 Å².